The molecule has 0 aliphatic carbocycles. The molecule has 3 nitrogen and oxygen atoms in total. The fraction of sp³-hybridized carbons (Fsp3) is 0.227. The second kappa shape index (κ2) is 8.34. The van der Waals surface area contributed by atoms with Gasteiger partial charge < -0.3 is 4.74 Å². The van der Waals surface area contributed by atoms with Crippen molar-refractivity contribution in [3.8, 4) is 5.75 Å². The van der Waals surface area contributed by atoms with Crippen molar-refractivity contribution in [2.24, 2.45) is 0 Å². The molecular weight excluding hydrogens is 310 g/mol. The smallest absolute Gasteiger partial charge is 0.255 e. The van der Waals surface area contributed by atoms with Crippen LogP contribution in [-0.4, -0.2) is 17.6 Å². The van der Waals surface area contributed by atoms with Crippen LogP contribution in [0.1, 0.15) is 35.5 Å². The lowest BCUT2D eigenvalue weighted by molar-refractivity contribution is 0.0972. The molecule has 0 N–H and O–H groups in total. The van der Waals surface area contributed by atoms with Crippen LogP contribution in [-0.2, 0) is 0 Å². The van der Waals surface area contributed by atoms with Gasteiger partial charge in [0, 0.05) is 17.2 Å². The first kappa shape index (κ1) is 18.5. The van der Waals surface area contributed by atoms with Crippen LogP contribution in [0.15, 0.2) is 54.6 Å². The van der Waals surface area contributed by atoms with E-state index >= 15 is 0 Å². The van der Waals surface area contributed by atoms with Crippen molar-refractivity contribution in [3.05, 3.63) is 71.4 Å². The van der Waals surface area contributed by atoms with Gasteiger partial charge in [-0.1, -0.05) is 44.2 Å². The molecule has 3 rings (SSSR count). The zero-order chi connectivity index (χ0) is 18.4. The molecule has 0 atom stereocenters. The SMILES string of the molecule is CC.COc1ccc2c(c1)c(C)c(C)n2C(=O)/C=C/c1ccccc1. The highest BCUT2D eigenvalue weighted by molar-refractivity contribution is 6.02. The predicted molar refractivity (Wildman–Crippen MR) is 105 cm³/mol. The molecule has 0 amide bonds. The molecular formula is C22H25NO2. The zero-order valence-corrected chi connectivity index (χ0v) is 15.5. The molecule has 0 saturated carbocycles. The molecule has 0 radical (unpaired) electrons. The summed E-state index contributed by atoms with van der Waals surface area (Å²) in [5.74, 6) is 0.750. The number of methoxy groups -OCH3 is 1. The van der Waals surface area contributed by atoms with E-state index in [-0.39, 0.29) is 5.91 Å². The van der Waals surface area contributed by atoms with E-state index in [9.17, 15) is 4.79 Å². The van der Waals surface area contributed by atoms with Gasteiger partial charge in [-0.25, -0.2) is 0 Å². The molecule has 0 aliphatic rings. The summed E-state index contributed by atoms with van der Waals surface area (Å²) in [6, 6.07) is 15.6. The standard InChI is InChI=1S/C20H19NO2.C2H6/c1-14-15(2)21(19-11-10-17(23-3)13-18(14)19)20(22)12-9-16-7-5-4-6-8-16;1-2/h4-13H,1-3H3;1-2H3/b12-9+;. The van der Waals surface area contributed by atoms with Gasteiger partial charge in [0.2, 0.25) is 0 Å². The summed E-state index contributed by atoms with van der Waals surface area (Å²) < 4.78 is 7.04. The lowest BCUT2D eigenvalue weighted by atomic mass is 10.1. The molecule has 130 valence electrons. The van der Waals surface area contributed by atoms with Crippen molar-refractivity contribution in [1.29, 1.82) is 0 Å². The third-order valence-corrected chi connectivity index (χ3v) is 4.17. The summed E-state index contributed by atoms with van der Waals surface area (Å²) in [5.41, 5.74) is 3.97. The maximum atomic E-state index is 12.7. The molecule has 0 bridgehead atoms. The lowest BCUT2D eigenvalue weighted by Gasteiger charge is -2.04. The first-order chi connectivity index (χ1) is 12.1. The molecule has 1 heterocycles. The Morgan fingerprint density at radius 1 is 1.04 bits per heavy atom. The van der Waals surface area contributed by atoms with Gasteiger partial charge in [-0.3, -0.25) is 9.36 Å². The molecule has 0 saturated heterocycles. The Morgan fingerprint density at radius 2 is 1.72 bits per heavy atom. The largest absolute Gasteiger partial charge is 0.497 e. The van der Waals surface area contributed by atoms with Gasteiger partial charge in [-0.05, 0) is 49.2 Å². The highest BCUT2D eigenvalue weighted by Gasteiger charge is 2.15. The molecule has 25 heavy (non-hydrogen) atoms. The first-order valence-electron chi connectivity index (χ1n) is 8.55. The Labute approximate surface area is 149 Å². The van der Waals surface area contributed by atoms with Gasteiger partial charge in [-0.2, -0.15) is 0 Å². The van der Waals surface area contributed by atoms with E-state index in [1.165, 1.54) is 0 Å². The quantitative estimate of drug-likeness (QED) is 0.579. The van der Waals surface area contributed by atoms with Gasteiger partial charge in [0.1, 0.15) is 5.75 Å². The molecule has 3 aromatic rings. The minimum atomic E-state index is -0.0466. The van der Waals surface area contributed by atoms with E-state index in [0.29, 0.717) is 0 Å². The molecule has 0 aliphatic heterocycles. The summed E-state index contributed by atoms with van der Waals surface area (Å²) in [5, 5.41) is 1.04. The third-order valence-electron chi connectivity index (χ3n) is 4.17. The highest BCUT2D eigenvalue weighted by Crippen LogP contribution is 2.28. The second-order valence-corrected chi connectivity index (χ2v) is 5.51. The fourth-order valence-corrected chi connectivity index (χ4v) is 2.77. The van der Waals surface area contributed by atoms with Gasteiger partial charge in [-0.15, -0.1) is 0 Å². The number of nitrogens with zero attached hydrogens (tertiary/aromatic N) is 1. The van der Waals surface area contributed by atoms with E-state index in [4.69, 9.17) is 4.74 Å². The number of aryl methyl sites for hydroxylation is 1. The van der Waals surface area contributed by atoms with E-state index in [0.717, 1.165) is 33.5 Å². The summed E-state index contributed by atoms with van der Waals surface area (Å²) in [6.07, 6.45) is 3.46. The summed E-state index contributed by atoms with van der Waals surface area (Å²) in [7, 11) is 1.65. The van der Waals surface area contributed by atoms with E-state index < -0.39 is 0 Å². The number of rotatable bonds is 3. The lowest BCUT2D eigenvalue weighted by Crippen LogP contribution is -2.08. The normalized spacial score (nSPS) is 10.6. The van der Waals surface area contributed by atoms with Crippen LogP contribution >= 0.6 is 0 Å². The van der Waals surface area contributed by atoms with Gasteiger partial charge in [0.05, 0.1) is 12.6 Å². The van der Waals surface area contributed by atoms with Crippen LogP contribution < -0.4 is 4.74 Å². The monoisotopic (exact) mass is 335 g/mol. The Hall–Kier alpha value is -2.81. The summed E-state index contributed by atoms with van der Waals surface area (Å²) in [6.45, 7) is 8.00. The van der Waals surface area contributed by atoms with E-state index in [1.54, 1.807) is 17.8 Å². The van der Waals surface area contributed by atoms with Crippen LogP contribution in [0.25, 0.3) is 17.0 Å². The van der Waals surface area contributed by atoms with Crippen LogP contribution in [0, 0.1) is 13.8 Å². The Morgan fingerprint density at radius 3 is 2.36 bits per heavy atom. The van der Waals surface area contributed by atoms with E-state index in [2.05, 4.69) is 0 Å². The molecule has 2 aromatic carbocycles. The first-order valence-corrected chi connectivity index (χ1v) is 8.55. The number of aromatic nitrogens is 1. The number of allylic oxidation sites excluding steroid dienone is 1. The molecule has 0 unspecified atom stereocenters. The van der Waals surface area contributed by atoms with Crippen molar-refractivity contribution in [2.45, 2.75) is 27.7 Å². The number of hydrogen-bond donors (Lipinski definition) is 0. The van der Waals surface area contributed by atoms with Gasteiger partial charge in [0.15, 0.2) is 0 Å². The molecule has 0 fully saturated rings. The Bertz CT molecular complexity index is 889. The van der Waals surface area contributed by atoms with Crippen molar-refractivity contribution in [3.63, 3.8) is 0 Å². The topological polar surface area (TPSA) is 31.2 Å². The molecule has 3 heteroatoms. The summed E-state index contributed by atoms with van der Waals surface area (Å²) >= 11 is 0. The maximum Gasteiger partial charge on any atom is 0.255 e. The predicted octanol–water partition coefficient (Wildman–Crippen LogP) is 5.65. The van der Waals surface area contributed by atoms with Gasteiger partial charge in [0.25, 0.3) is 5.91 Å². The number of benzene rings is 2. The van der Waals surface area contributed by atoms with Crippen molar-refractivity contribution >= 4 is 22.9 Å². The minimum Gasteiger partial charge on any atom is -0.497 e. The number of carbonyl (C=O) groups is 1. The van der Waals surface area contributed by atoms with Crippen molar-refractivity contribution in [1.82, 2.24) is 4.57 Å². The fourth-order valence-electron chi connectivity index (χ4n) is 2.77. The van der Waals surface area contributed by atoms with Crippen LogP contribution in [0.4, 0.5) is 0 Å². The number of fused-ring (bicyclic) bond motifs is 1. The number of carbonyl (C=O) groups excluding carboxylic acids is 1. The Balaban J connectivity index is 0.00000109. The highest BCUT2D eigenvalue weighted by atomic mass is 16.5. The van der Waals surface area contributed by atoms with Crippen molar-refractivity contribution < 1.29 is 9.53 Å². The average molecular weight is 335 g/mol. The average Bonchev–Trinajstić information content (AvgIpc) is 2.92. The third kappa shape index (κ3) is 3.82. The second-order valence-electron chi connectivity index (χ2n) is 5.51. The van der Waals surface area contributed by atoms with Gasteiger partial charge >= 0.3 is 0 Å². The zero-order valence-electron chi connectivity index (χ0n) is 15.5. The van der Waals surface area contributed by atoms with Crippen LogP contribution in [0.3, 0.4) is 0 Å². The minimum absolute atomic E-state index is 0.0466. The molecule has 1 aromatic heterocycles. The maximum absolute atomic E-state index is 12.7. The van der Waals surface area contributed by atoms with E-state index in [1.807, 2.05) is 82.3 Å². The number of ether oxygens (including phenoxy) is 1. The van der Waals surface area contributed by atoms with Crippen molar-refractivity contribution in [2.75, 3.05) is 7.11 Å². The number of hydrogen-bond acceptors (Lipinski definition) is 2. The van der Waals surface area contributed by atoms with Crippen LogP contribution in [0.2, 0.25) is 0 Å². The molecule has 0 spiro atoms. The van der Waals surface area contributed by atoms with Crippen LogP contribution in [0.5, 0.6) is 5.75 Å². The summed E-state index contributed by atoms with van der Waals surface area (Å²) in [4.78, 5) is 12.7. The Kier molecular flexibility index (Phi) is 6.18.